The van der Waals surface area contributed by atoms with Gasteiger partial charge < -0.3 is 4.74 Å². The fourth-order valence-electron chi connectivity index (χ4n) is 6.03. The topological polar surface area (TPSA) is 80.8 Å². The van der Waals surface area contributed by atoms with E-state index >= 15 is 0 Å². The van der Waals surface area contributed by atoms with E-state index in [9.17, 15) is 19.2 Å². The number of amides is 2. The first-order chi connectivity index (χ1) is 15.8. The number of esters is 1. The highest BCUT2D eigenvalue weighted by molar-refractivity contribution is 6.30. The molecule has 2 aliphatic carbocycles. The Kier molecular flexibility index (Phi) is 5.57. The number of carbonyl (C=O) groups excluding carboxylic acids is 4. The van der Waals surface area contributed by atoms with E-state index < -0.39 is 18.6 Å². The van der Waals surface area contributed by atoms with Gasteiger partial charge in [0.25, 0.3) is 0 Å². The lowest BCUT2D eigenvalue weighted by Crippen LogP contribution is -2.39. The lowest BCUT2D eigenvalue weighted by atomic mass is 9.73. The molecule has 2 bridgehead atoms. The molecule has 6 nitrogen and oxygen atoms in total. The maximum absolute atomic E-state index is 13.2. The molecule has 0 radical (unpaired) electrons. The molecule has 2 saturated carbocycles. The molecule has 1 aliphatic heterocycles. The van der Waals surface area contributed by atoms with E-state index in [0.717, 1.165) is 17.7 Å². The van der Waals surface area contributed by atoms with Gasteiger partial charge in [-0.1, -0.05) is 41.9 Å². The molecule has 5 rings (SSSR count). The summed E-state index contributed by atoms with van der Waals surface area (Å²) in [5, 5.41) is 0.497. The number of benzene rings is 2. The Morgan fingerprint density at radius 2 is 1.67 bits per heavy atom. The first-order valence-electron chi connectivity index (χ1n) is 11.2. The number of nitrogens with zero attached hydrogens (tertiary/aromatic N) is 1. The summed E-state index contributed by atoms with van der Waals surface area (Å²) in [6, 6.07) is 16.4. The Hall–Kier alpha value is -2.99. The molecule has 2 aromatic rings. The second-order valence-electron chi connectivity index (χ2n) is 9.23. The monoisotopic (exact) mass is 465 g/mol. The minimum Gasteiger partial charge on any atom is -0.453 e. The second-order valence-corrected chi connectivity index (χ2v) is 9.67. The maximum atomic E-state index is 13.2. The number of hydrogen-bond donors (Lipinski definition) is 0. The molecule has 2 aromatic carbocycles. The average Bonchev–Trinajstić information content (AvgIpc) is 3.47. The number of Topliss-reactive ketones (excluding diaryl/α,β-unsaturated/α-hetero) is 1. The van der Waals surface area contributed by atoms with Gasteiger partial charge >= 0.3 is 5.97 Å². The van der Waals surface area contributed by atoms with Gasteiger partial charge in [-0.3, -0.25) is 24.1 Å². The van der Waals surface area contributed by atoms with Crippen LogP contribution < -0.4 is 0 Å². The standard InChI is InChI=1S/C26H24ClNO5/c1-14(24(30)16-7-9-18(27)10-8-16)33-21(29)13-28-25(31)22-17-11-19(15-5-3-2-4-6-15)20(12-17)23(22)26(28)32/h2-10,14,17,19-20,22-23H,11-13H2,1H3/t14-,17+,19-,20+,22+,23-/m0/s1. The largest absolute Gasteiger partial charge is 0.453 e. The van der Waals surface area contributed by atoms with Crippen LogP contribution in [0.15, 0.2) is 54.6 Å². The highest BCUT2D eigenvalue weighted by Gasteiger charge is 2.64. The molecule has 170 valence electrons. The lowest BCUT2D eigenvalue weighted by molar-refractivity contribution is -0.155. The molecule has 1 saturated heterocycles. The smallest absolute Gasteiger partial charge is 0.326 e. The molecule has 2 amide bonds. The van der Waals surface area contributed by atoms with Crippen LogP contribution in [-0.2, 0) is 19.1 Å². The maximum Gasteiger partial charge on any atom is 0.326 e. The van der Waals surface area contributed by atoms with Crippen molar-refractivity contribution in [3.63, 3.8) is 0 Å². The Labute approximate surface area is 196 Å². The third-order valence-corrected chi connectivity index (χ3v) is 7.68. The number of ketones is 1. The second kappa shape index (κ2) is 8.41. The molecule has 7 heteroatoms. The van der Waals surface area contributed by atoms with E-state index in [1.54, 1.807) is 24.3 Å². The van der Waals surface area contributed by atoms with Gasteiger partial charge in [0.05, 0.1) is 11.8 Å². The fourth-order valence-corrected chi connectivity index (χ4v) is 6.15. The third-order valence-electron chi connectivity index (χ3n) is 7.43. The molecule has 0 unspecified atom stereocenters. The van der Waals surface area contributed by atoms with Crippen molar-refractivity contribution in [1.82, 2.24) is 4.90 Å². The number of likely N-dealkylation sites (tertiary alicyclic amines) is 1. The molecule has 0 N–H and O–H groups in total. The quantitative estimate of drug-likeness (QED) is 0.367. The number of rotatable bonds is 6. The van der Waals surface area contributed by atoms with Crippen LogP contribution in [0.2, 0.25) is 5.02 Å². The van der Waals surface area contributed by atoms with Gasteiger partial charge in [-0.25, -0.2) is 0 Å². The van der Waals surface area contributed by atoms with Gasteiger partial charge in [-0.2, -0.15) is 0 Å². The number of hydrogen-bond acceptors (Lipinski definition) is 5. The van der Waals surface area contributed by atoms with Crippen LogP contribution in [0.1, 0.15) is 41.6 Å². The lowest BCUT2D eigenvalue weighted by Gasteiger charge is -2.28. The van der Waals surface area contributed by atoms with Crippen LogP contribution in [0.3, 0.4) is 0 Å². The molecule has 3 aliphatic rings. The molecule has 3 fully saturated rings. The third kappa shape index (κ3) is 3.76. The number of imide groups is 1. The summed E-state index contributed by atoms with van der Waals surface area (Å²) in [5.74, 6) is -1.88. The van der Waals surface area contributed by atoms with E-state index in [2.05, 4.69) is 12.1 Å². The molecule has 0 aromatic heterocycles. The summed E-state index contributed by atoms with van der Waals surface area (Å²) in [6.07, 6.45) is 0.724. The van der Waals surface area contributed by atoms with Crippen molar-refractivity contribution in [3.05, 3.63) is 70.7 Å². The number of ether oxygens (including phenoxy) is 1. The number of fused-ring (bicyclic) bond motifs is 5. The summed E-state index contributed by atoms with van der Waals surface area (Å²) >= 11 is 5.85. The molecular formula is C26H24ClNO5. The first-order valence-corrected chi connectivity index (χ1v) is 11.6. The summed E-state index contributed by atoms with van der Waals surface area (Å²) in [7, 11) is 0. The zero-order valence-electron chi connectivity index (χ0n) is 18.1. The summed E-state index contributed by atoms with van der Waals surface area (Å²) in [6.45, 7) is 1.01. The van der Waals surface area contributed by atoms with Crippen LogP contribution >= 0.6 is 11.6 Å². The van der Waals surface area contributed by atoms with E-state index in [1.807, 2.05) is 18.2 Å². The van der Waals surface area contributed by atoms with Crippen LogP contribution in [0.5, 0.6) is 0 Å². The van der Waals surface area contributed by atoms with Gasteiger partial charge in [0, 0.05) is 10.6 Å². The molecule has 33 heavy (non-hydrogen) atoms. The van der Waals surface area contributed by atoms with Crippen molar-refractivity contribution in [2.24, 2.45) is 23.7 Å². The minimum absolute atomic E-state index is 0.116. The van der Waals surface area contributed by atoms with Crippen molar-refractivity contribution in [2.75, 3.05) is 6.54 Å². The normalized spacial score (nSPS) is 28.7. The van der Waals surface area contributed by atoms with Gasteiger partial charge in [-0.15, -0.1) is 0 Å². The van der Waals surface area contributed by atoms with Gasteiger partial charge in [0.15, 0.2) is 6.10 Å². The number of carbonyl (C=O) groups is 4. The van der Waals surface area contributed by atoms with E-state index in [-0.39, 0.29) is 47.2 Å². The molecule has 1 heterocycles. The van der Waals surface area contributed by atoms with Gasteiger partial charge in [-0.05, 0) is 67.3 Å². The Bertz CT molecular complexity index is 1120. The predicted octanol–water partition coefficient (Wildman–Crippen LogP) is 3.88. The van der Waals surface area contributed by atoms with Crippen LogP contribution in [0, 0.1) is 23.7 Å². The molecule has 0 spiro atoms. The van der Waals surface area contributed by atoms with Crippen molar-refractivity contribution in [2.45, 2.75) is 31.8 Å². The van der Waals surface area contributed by atoms with Crippen LogP contribution in [-0.4, -0.2) is 41.1 Å². The average molecular weight is 466 g/mol. The summed E-state index contributed by atoms with van der Waals surface area (Å²) < 4.78 is 5.27. The molecule has 6 atom stereocenters. The van der Waals surface area contributed by atoms with E-state index in [0.29, 0.717) is 10.6 Å². The SMILES string of the molecule is C[C@H](OC(=O)CN1C(=O)[C@@H]2[C@H]3C[C@@H]([C@@H]2C1=O)[C@H](c1ccccc1)C3)C(=O)c1ccc(Cl)cc1. The van der Waals surface area contributed by atoms with E-state index in [1.165, 1.54) is 12.5 Å². The summed E-state index contributed by atoms with van der Waals surface area (Å²) in [4.78, 5) is 52.3. The van der Waals surface area contributed by atoms with Crippen molar-refractivity contribution in [1.29, 1.82) is 0 Å². The van der Waals surface area contributed by atoms with Gasteiger partial charge in [0.1, 0.15) is 6.54 Å². The Morgan fingerprint density at radius 3 is 2.36 bits per heavy atom. The van der Waals surface area contributed by atoms with Crippen molar-refractivity contribution < 1.29 is 23.9 Å². The van der Waals surface area contributed by atoms with Crippen molar-refractivity contribution >= 4 is 35.2 Å². The Balaban J connectivity index is 1.24. The zero-order valence-corrected chi connectivity index (χ0v) is 18.9. The number of halogens is 1. The predicted molar refractivity (Wildman–Crippen MR) is 120 cm³/mol. The minimum atomic E-state index is -1.04. The zero-order chi connectivity index (χ0) is 23.3. The van der Waals surface area contributed by atoms with Crippen molar-refractivity contribution in [3.8, 4) is 0 Å². The fraction of sp³-hybridized carbons (Fsp3) is 0.385. The molecular weight excluding hydrogens is 442 g/mol. The van der Waals surface area contributed by atoms with Gasteiger partial charge in [0.2, 0.25) is 17.6 Å². The van der Waals surface area contributed by atoms with Crippen LogP contribution in [0.4, 0.5) is 0 Å². The highest BCUT2D eigenvalue weighted by Crippen LogP contribution is 2.61. The highest BCUT2D eigenvalue weighted by atomic mass is 35.5. The van der Waals surface area contributed by atoms with Crippen LogP contribution in [0.25, 0.3) is 0 Å². The summed E-state index contributed by atoms with van der Waals surface area (Å²) in [5.41, 5.74) is 1.57. The van der Waals surface area contributed by atoms with E-state index in [4.69, 9.17) is 16.3 Å². The Morgan fingerprint density at radius 1 is 1.00 bits per heavy atom. The first kappa shape index (κ1) is 21.8.